The van der Waals surface area contributed by atoms with Crippen LogP contribution in [0.4, 0.5) is 0 Å². The number of carbonyl (C=O) groups is 2. The van der Waals surface area contributed by atoms with Crippen molar-refractivity contribution in [1.29, 1.82) is 0 Å². The quantitative estimate of drug-likeness (QED) is 0.489. The van der Waals surface area contributed by atoms with Gasteiger partial charge in [-0.3, -0.25) is 4.79 Å². The van der Waals surface area contributed by atoms with Gasteiger partial charge in [0.25, 0.3) is 5.91 Å². The molecule has 1 aromatic carbocycles. The van der Waals surface area contributed by atoms with Gasteiger partial charge in [-0.05, 0) is 41.8 Å². The fraction of sp³-hybridized carbons (Fsp3) is 0.353. The number of nitrogens with zero attached hydrogens (tertiary/aromatic N) is 2. The van der Waals surface area contributed by atoms with Crippen molar-refractivity contribution >= 4 is 46.6 Å². The van der Waals surface area contributed by atoms with Crippen LogP contribution in [0.5, 0.6) is 0 Å². The normalized spacial score (nSPS) is 24.8. The van der Waals surface area contributed by atoms with E-state index in [9.17, 15) is 14.7 Å². The summed E-state index contributed by atoms with van der Waals surface area (Å²) in [5, 5.41) is 10.3. The van der Waals surface area contributed by atoms with E-state index < -0.39 is 18.1 Å². The molecule has 25 heavy (non-hydrogen) atoms. The molecule has 6 nitrogen and oxygen atoms in total. The number of benzene rings is 1. The van der Waals surface area contributed by atoms with Crippen LogP contribution in [0.1, 0.15) is 12.0 Å². The summed E-state index contributed by atoms with van der Waals surface area (Å²) < 4.78 is 4.79. The lowest BCUT2D eigenvalue weighted by atomic mass is 10.2. The van der Waals surface area contributed by atoms with Gasteiger partial charge in [-0.25, -0.2) is 4.79 Å². The van der Waals surface area contributed by atoms with E-state index >= 15 is 0 Å². The van der Waals surface area contributed by atoms with Crippen molar-refractivity contribution in [2.75, 3.05) is 19.9 Å². The number of aliphatic hydroxyl groups excluding tert-OH is 1. The van der Waals surface area contributed by atoms with E-state index in [0.717, 1.165) is 10.5 Å². The second-order valence-corrected chi connectivity index (χ2v) is 7.55. The van der Waals surface area contributed by atoms with Crippen LogP contribution in [0.25, 0.3) is 6.08 Å². The Morgan fingerprint density at radius 3 is 2.80 bits per heavy atom. The molecule has 2 heterocycles. The van der Waals surface area contributed by atoms with Gasteiger partial charge in [0.1, 0.15) is 6.04 Å². The number of β-amino-alcohol motifs (C(OH)–C–C–N with tert-alkyl or cyclic N) is 1. The van der Waals surface area contributed by atoms with Gasteiger partial charge in [0.05, 0.1) is 18.1 Å². The predicted molar refractivity (Wildman–Crippen MR) is 99.4 cm³/mol. The fourth-order valence-corrected chi connectivity index (χ4v) is 4.14. The minimum atomic E-state index is -0.644. The Hall–Kier alpha value is -1.77. The number of amidine groups is 1. The molecule has 132 valence electrons. The lowest BCUT2D eigenvalue weighted by molar-refractivity contribution is -0.144. The smallest absolute Gasteiger partial charge is 0.328 e. The molecular weight excluding hydrogens is 360 g/mol. The third kappa shape index (κ3) is 3.91. The molecule has 1 aromatic rings. The average molecular weight is 378 g/mol. The Balaban J connectivity index is 1.77. The number of esters is 1. The van der Waals surface area contributed by atoms with E-state index in [1.807, 2.05) is 30.5 Å². The SMILES string of the molecule is COC(=O)[C@H]1C[C@@H](O)CN1C1=NC(=O)C(=Cc2ccc(SC)cc2)S1. The molecular formula is C17H18N2O4S2. The summed E-state index contributed by atoms with van der Waals surface area (Å²) in [6, 6.07) is 7.27. The third-order valence-electron chi connectivity index (χ3n) is 4.02. The van der Waals surface area contributed by atoms with Gasteiger partial charge < -0.3 is 14.7 Å². The number of methoxy groups -OCH3 is 1. The summed E-state index contributed by atoms with van der Waals surface area (Å²) in [4.78, 5) is 31.5. The number of likely N-dealkylation sites (tertiary alicyclic amines) is 1. The Morgan fingerprint density at radius 1 is 1.44 bits per heavy atom. The van der Waals surface area contributed by atoms with Crippen molar-refractivity contribution in [2.24, 2.45) is 4.99 Å². The molecule has 1 amide bonds. The molecule has 0 aliphatic carbocycles. The molecule has 1 N–H and O–H groups in total. The van der Waals surface area contributed by atoms with Crippen LogP contribution in [0.15, 0.2) is 39.1 Å². The van der Waals surface area contributed by atoms with Crippen LogP contribution in [0.2, 0.25) is 0 Å². The van der Waals surface area contributed by atoms with Gasteiger partial charge in [0.15, 0.2) is 5.17 Å². The summed E-state index contributed by atoms with van der Waals surface area (Å²) in [7, 11) is 1.31. The second-order valence-electron chi connectivity index (χ2n) is 5.66. The second kappa shape index (κ2) is 7.63. The Labute approximate surface area is 154 Å². The molecule has 0 radical (unpaired) electrons. The molecule has 0 saturated carbocycles. The molecule has 0 aromatic heterocycles. The first-order valence-corrected chi connectivity index (χ1v) is 9.75. The number of hydrogen-bond donors (Lipinski definition) is 1. The molecule has 1 fully saturated rings. The largest absolute Gasteiger partial charge is 0.467 e. The minimum absolute atomic E-state index is 0.259. The maximum Gasteiger partial charge on any atom is 0.328 e. The molecule has 2 aliphatic heterocycles. The van der Waals surface area contributed by atoms with Gasteiger partial charge in [-0.15, -0.1) is 11.8 Å². The highest BCUT2D eigenvalue weighted by atomic mass is 32.2. The molecule has 0 bridgehead atoms. The highest BCUT2D eigenvalue weighted by molar-refractivity contribution is 8.18. The zero-order valence-electron chi connectivity index (χ0n) is 13.8. The zero-order valence-corrected chi connectivity index (χ0v) is 15.5. The van der Waals surface area contributed by atoms with E-state index in [1.165, 1.54) is 18.9 Å². The fourth-order valence-electron chi connectivity index (χ4n) is 2.76. The van der Waals surface area contributed by atoms with Gasteiger partial charge in [-0.1, -0.05) is 12.1 Å². The van der Waals surface area contributed by atoms with Crippen LogP contribution < -0.4 is 0 Å². The van der Waals surface area contributed by atoms with Gasteiger partial charge >= 0.3 is 5.97 Å². The number of hydrogen-bond acceptors (Lipinski definition) is 7. The maximum absolute atomic E-state index is 12.2. The Bertz CT molecular complexity index is 746. The van der Waals surface area contributed by atoms with Crippen LogP contribution in [0.3, 0.4) is 0 Å². The zero-order chi connectivity index (χ0) is 18.0. The minimum Gasteiger partial charge on any atom is -0.467 e. The number of aliphatic imine (C=N–C) groups is 1. The first-order valence-electron chi connectivity index (χ1n) is 7.71. The molecule has 0 spiro atoms. The van der Waals surface area contributed by atoms with Crippen molar-refractivity contribution in [2.45, 2.75) is 23.5 Å². The van der Waals surface area contributed by atoms with Crippen LogP contribution in [-0.2, 0) is 14.3 Å². The lowest BCUT2D eigenvalue weighted by Crippen LogP contribution is -2.39. The number of thioether (sulfide) groups is 2. The van der Waals surface area contributed by atoms with Crippen molar-refractivity contribution in [1.82, 2.24) is 4.90 Å². The molecule has 8 heteroatoms. The lowest BCUT2D eigenvalue weighted by Gasteiger charge is -2.22. The molecule has 0 unspecified atom stereocenters. The highest BCUT2D eigenvalue weighted by Gasteiger charge is 2.41. The number of ether oxygens (including phenoxy) is 1. The number of rotatable bonds is 3. The third-order valence-corrected chi connectivity index (χ3v) is 5.79. The number of aliphatic hydroxyl groups is 1. The van der Waals surface area contributed by atoms with Crippen molar-refractivity contribution in [3.05, 3.63) is 34.7 Å². The monoisotopic (exact) mass is 378 g/mol. The number of carbonyl (C=O) groups excluding carboxylic acids is 2. The first-order chi connectivity index (χ1) is 12.0. The predicted octanol–water partition coefficient (Wildman–Crippen LogP) is 1.99. The summed E-state index contributed by atoms with van der Waals surface area (Å²) in [5.74, 6) is -0.767. The van der Waals surface area contributed by atoms with Crippen LogP contribution in [-0.4, -0.2) is 59.1 Å². The van der Waals surface area contributed by atoms with E-state index in [2.05, 4.69) is 4.99 Å². The van der Waals surface area contributed by atoms with Gasteiger partial charge in [0, 0.05) is 17.9 Å². The Kier molecular flexibility index (Phi) is 5.51. The Morgan fingerprint density at radius 2 is 2.16 bits per heavy atom. The van der Waals surface area contributed by atoms with Gasteiger partial charge in [-0.2, -0.15) is 4.99 Å². The topological polar surface area (TPSA) is 79.2 Å². The average Bonchev–Trinajstić information content (AvgIpc) is 3.18. The summed E-state index contributed by atoms with van der Waals surface area (Å²) in [6.07, 6.45) is 3.42. The van der Waals surface area contributed by atoms with Crippen molar-refractivity contribution in [3.8, 4) is 0 Å². The highest BCUT2D eigenvalue weighted by Crippen LogP contribution is 2.34. The number of amides is 1. The summed E-state index contributed by atoms with van der Waals surface area (Å²) >= 11 is 2.87. The molecule has 2 atom stereocenters. The van der Waals surface area contributed by atoms with Crippen molar-refractivity contribution in [3.63, 3.8) is 0 Å². The summed E-state index contributed by atoms with van der Waals surface area (Å²) in [6.45, 7) is 0.259. The summed E-state index contributed by atoms with van der Waals surface area (Å²) in [5.41, 5.74) is 0.913. The van der Waals surface area contributed by atoms with E-state index in [-0.39, 0.29) is 18.9 Å². The molecule has 2 aliphatic rings. The van der Waals surface area contributed by atoms with E-state index in [4.69, 9.17) is 4.74 Å². The standard InChI is InChI=1S/C17H18N2O4S2/c1-23-16(22)13-8-11(20)9-19(13)17-18-15(21)14(25-17)7-10-3-5-12(24-2)6-4-10/h3-7,11,13,20H,8-9H2,1-2H3/t11-,13-/m1/s1. The van der Waals surface area contributed by atoms with Gasteiger partial charge in [0.2, 0.25) is 0 Å². The maximum atomic E-state index is 12.2. The van der Waals surface area contributed by atoms with E-state index in [0.29, 0.717) is 10.1 Å². The molecule has 1 saturated heterocycles. The van der Waals surface area contributed by atoms with E-state index in [1.54, 1.807) is 22.7 Å². The van der Waals surface area contributed by atoms with Crippen LogP contribution in [0, 0.1) is 0 Å². The molecule has 3 rings (SSSR count). The first kappa shape index (κ1) is 18.0. The van der Waals surface area contributed by atoms with Crippen LogP contribution >= 0.6 is 23.5 Å². The van der Waals surface area contributed by atoms with Crippen molar-refractivity contribution < 1.29 is 19.4 Å².